The molecular formula is C15H21N3. The monoisotopic (exact) mass is 243 g/mol. The van der Waals surface area contributed by atoms with Gasteiger partial charge in [-0.3, -0.25) is 4.90 Å². The zero-order valence-corrected chi connectivity index (χ0v) is 11.0. The fraction of sp³-hybridized carbons (Fsp3) is 0.533. The van der Waals surface area contributed by atoms with Crippen LogP contribution in [0.3, 0.4) is 0 Å². The molecule has 0 aromatic heterocycles. The van der Waals surface area contributed by atoms with Gasteiger partial charge in [-0.15, -0.1) is 0 Å². The summed E-state index contributed by atoms with van der Waals surface area (Å²) in [6.07, 6.45) is 2.54. The van der Waals surface area contributed by atoms with Crippen LogP contribution in [0, 0.1) is 17.2 Å². The molecule has 0 amide bonds. The number of piperidine rings is 1. The van der Waals surface area contributed by atoms with Gasteiger partial charge in [0.15, 0.2) is 0 Å². The highest BCUT2D eigenvalue weighted by molar-refractivity contribution is 5.31. The molecule has 0 saturated carbocycles. The van der Waals surface area contributed by atoms with Crippen LogP contribution < -0.4 is 5.73 Å². The van der Waals surface area contributed by atoms with E-state index < -0.39 is 0 Å². The summed E-state index contributed by atoms with van der Waals surface area (Å²) in [5.74, 6) is 0.683. The lowest BCUT2D eigenvalue weighted by Gasteiger charge is -2.39. The first kappa shape index (κ1) is 13.1. The van der Waals surface area contributed by atoms with Crippen LogP contribution in [0.2, 0.25) is 0 Å². The predicted octanol–water partition coefficient (Wildman–Crippen LogP) is 2.12. The smallest absolute Gasteiger partial charge is 0.0991 e. The summed E-state index contributed by atoms with van der Waals surface area (Å²) in [6.45, 7) is 5.10. The molecule has 0 aliphatic carbocycles. The molecule has 3 heteroatoms. The predicted molar refractivity (Wildman–Crippen MR) is 72.8 cm³/mol. The minimum absolute atomic E-state index is 0.495. The highest BCUT2D eigenvalue weighted by atomic mass is 15.2. The number of nitrogens with two attached hydrogens (primary N) is 1. The molecule has 1 saturated heterocycles. The summed E-state index contributed by atoms with van der Waals surface area (Å²) in [7, 11) is 0. The molecule has 1 aromatic carbocycles. The van der Waals surface area contributed by atoms with Crippen molar-refractivity contribution in [3.05, 3.63) is 35.4 Å². The van der Waals surface area contributed by atoms with Gasteiger partial charge in [0.1, 0.15) is 0 Å². The minimum atomic E-state index is 0.495. The number of likely N-dealkylation sites (tertiary alicyclic amines) is 1. The van der Waals surface area contributed by atoms with Crippen molar-refractivity contribution in [1.29, 1.82) is 5.26 Å². The third kappa shape index (κ3) is 2.90. The van der Waals surface area contributed by atoms with E-state index in [1.54, 1.807) is 0 Å². The number of nitrogens with zero attached hydrogens (tertiary/aromatic N) is 2. The van der Waals surface area contributed by atoms with Gasteiger partial charge in [0, 0.05) is 19.1 Å². The van der Waals surface area contributed by atoms with E-state index in [2.05, 4.69) is 17.9 Å². The van der Waals surface area contributed by atoms with Gasteiger partial charge in [0.2, 0.25) is 0 Å². The molecule has 1 aliphatic heterocycles. The molecule has 0 radical (unpaired) electrons. The van der Waals surface area contributed by atoms with Gasteiger partial charge in [0.05, 0.1) is 11.6 Å². The maximum atomic E-state index is 8.79. The largest absolute Gasteiger partial charge is 0.329 e. The Balaban J connectivity index is 2.04. The summed E-state index contributed by atoms with van der Waals surface area (Å²) in [5.41, 5.74) is 7.89. The van der Waals surface area contributed by atoms with E-state index in [0.717, 1.165) is 25.2 Å². The van der Waals surface area contributed by atoms with Gasteiger partial charge in [-0.2, -0.15) is 5.26 Å². The van der Waals surface area contributed by atoms with E-state index in [1.165, 1.54) is 18.4 Å². The third-order valence-electron chi connectivity index (χ3n) is 3.94. The van der Waals surface area contributed by atoms with Crippen molar-refractivity contribution in [1.82, 2.24) is 4.90 Å². The van der Waals surface area contributed by atoms with E-state index in [9.17, 15) is 0 Å². The molecule has 2 rings (SSSR count). The second-order valence-corrected chi connectivity index (χ2v) is 5.20. The summed E-state index contributed by atoms with van der Waals surface area (Å²) in [6, 6.07) is 10.5. The molecule has 0 spiro atoms. The van der Waals surface area contributed by atoms with E-state index in [4.69, 9.17) is 11.0 Å². The standard InChI is InChI=1S/C15H21N3/c1-12-3-2-8-18(15(12)10-17)11-14-6-4-13(9-16)5-7-14/h4-7,12,15H,2-3,8,10-11,17H2,1H3. The van der Waals surface area contributed by atoms with Crippen LogP contribution in [0.1, 0.15) is 30.9 Å². The third-order valence-corrected chi connectivity index (χ3v) is 3.94. The van der Waals surface area contributed by atoms with Crippen molar-refractivity contribution in [3.8, 4) is 6.07 Å². The Bertz CT molecular complexity index is 418. The molecule has 2 atom stereocenters. The first-order valence-corrected chi connectivity index (χ1v) is 6.67. The first-order chi connectivity index (χ1) is 8.74. The van der Waals surface area contributed by atoms with Crippen LogP contribution in [0.5, 0.6) is 0 Å². The Hall–Kier alpha value is -1.37. The normalized spacial score (nSPS) is 24.7. The van der Waals surface area contributed by atoms with E-state index >= 15 is 0 Å². The van der Waals surface area contributed by atoms with Crippen molar-refractivity contribution in [3.63, 3.8) is 0 Å². The van der Waals surface area contributed by atoms with Crippen molar-refractivity contribution in [2.45, 2.75) is 32.4 Å². The van der Waals surface area contributed by atoms with Gasteiger partial charge >= 0.3 is 0 Å². The molecule has 2 unspecified atom stereocenters. The number of hydrogen-bond donors (Lipinski definition) is 1. The zero-order valence-electron chi connectivity index (χ0n) is 11.0. The van der Waals surface area contributed by atoms with Gasteiger partial charge < -0.3 is 5.73 Å². The van der Waals surface area contributed by atoms with Gasteiger partial charge in [-0.25, -0.2) is 0 Å². The molecule has 1 heterocycles. The van der Waals surface area contributed by atoms with Crippen LogP contribution in [-0.4, -0.2) is 24.0 Å². The Morgan fingerprint density at radius 2 is 2.11 bits per heavy atom. The average Bonchev–Trinajstić information content (AvgIpc) is 2.40. The topological polar surface area (TPSA) is 53.0 Å². The molecule has 1 aliphatic rings. The molecular weight excluding hydrogens is 222 g/mol. The molecule has 3 nitrogen and oxygen atoms in total. The molecule has 0 bridgehead atoms. The number of benzene rings is 1. The molecule has 96 valence electrons. The van der Waals surface area contributed by atoms with Crippen molar-refractivity contribution in [2.24, 2.45) is 11.7 Å². The SMILES string of the molecule is CC1CCCN(Cc2ccc(C#N)cc2)C1CN. The molecule has 1 fully saturated rings. The van der Waals surface area contributed by atoms with Crippen molar-refractivity contribution in [2.75, 3.05) is 13.1 Å². The maximum Gasteiger partial charge on any atom is 0.0991 e. The number of hydrogen-bond acceptors (Lipinski definition) is 3. The molecule has 2 N–H and O–H groups in total. The van der Waals surface area contributed by atoms with E-state index in [1.807, 2.05) is 24.3 Å². The molecule has 18 heavy (non-hydrogen) atoms. The lowest BCUT2D eigenvalue weighted by Crippen LogP contribution is -2.47. The highest BCUT2D eigenvalue weighted by Crippen LogP contribution is 2.24. The fourth-order valence-electron chi connectivity index (χ4n) is 2.83. The Labute approximate surface area is 109 Å². The summed E-state index contributed by atoms with van der Waals surface area (Å²) in [4.78, 5) is 2.48. The zero-order chi connectivity index (χ0) is 13.0. The second-order valence-electron chi connectivity index (χ2n) is 5.20. The fourth-order valence-corrected chi connectivity index (χ4v) is 2.83. The highest BCUT2D eigenvalue weighted by Gasteiger charge is 2.26. The average molecular weight is 243 g/mol. The summed E-state index contributed by atoms with van der Waals surface area (Å²) < 4.78 is 0. The van der Waals surface area contributed by atoms with Gasteiger partial charge in [0.25, 0.3) is 0 Å². The number of nitriles is 1. The maximum absolute atomic E-state index is 8.79. The lowest BCUT2D eigenvalue weighted by atomic mass is 9.90. The lowest BCUT2D eigenvalue weighted by molar-refractivity contribution is 0.0991. The van der Waals surface area contributed by atoms with Gasteiger partial charge in [-0.1, -0.05) is 19.1 Å². The van der Waals surface area contributed by atoms with Crippen LogP contribution >= 0.6 is 0 Å². The second kappa shape index (κ2) is 5.99. The Kier molecular flexibility index (Phi) is 4.35. The van der Waals surface area contributed by atoms with Crippen molar-refractivity contribution < 1.29 is 0 Å². The number of rotatable bonds is 3. The van der Waals surface area contributed by atoms with Crippen LogP contribution in [0.15, 0.2) is 24.3 Å². The van der Waals surface area contributed by atoms with E-state index in [0.29, 0.717) is 12.0 Å². The van der Waals surface area contributed by atoms with Gasteiger partial charge in [-0.05, 0) is 43.0 Å². The Morgan fingerprint density at radius 3 is 2.72 bits per heavy atom. The van der Waals surface area contributed by atoms with Crippen LogP contribution in [0.4, 0.5) is 0 Å². The van der Waals surface area contributed by atoms with Crippen molar-refractivity contribution >= 4 is 0 Å². The summed E-state index contributed by atoms with van der Waals surface area (Å²) >= 11 is 0. The summed E-state index contributed by atoms with van der Waals surface area (Å²) in [5, 5.41) is 8.79. The quantitative estimate of drug-likeness (QED) is 0.884. The molecule has 1 aromatic rings. The van der Waals surface area contributed by atoms with Crippen LogP contribution in [-0.2, 0) is 6.54 Å². The first-order valence-electron chi connectivity index (χ1n) is 6.67. The Morgan fingerprint density at radius 1 is 1.39 bits per heavy atom. The minimum Gasteiger partial charge on any atom is -0.329 e. The van der Waals surface area contributed by atoms with Crippen LogP contribution in [0.25, 0.3) is 0 Å². The van der Waals surface area contributed by atoms with E-state index in [-0.39, 0.29) is 0 Å².